The zero-order valence-corrected chi connectivity index (χ0v) is 10.9. The largest absolute Gasteiger partial charge is 0.447 e. The summed E-state index contributed by atoms with van der Waals surface area (Å²) in [6.45, 7) is 1.16. The minimum atomic E-state index is -3.60. The van der Waals surface area contributed by atoms with Crippen LogP contribution in [0.15, 0.2) is 21.6 Å². The molecule has 0 spiro atoms. The first-order valence-corrected chi connectivity index (χ1v) is 7.50. The Labute approximate surface area is 107 Å². The monoisotopic (exact) mass is 274 g/mol. The number of nitrogens with two attached hydrogens (primary N) is 1. The van der Waals surface area contributed by atoms with Crippen molar-refractivity contribution in [1.29, 1.82) is 0 Å². The van der Waals surface area contributed by atoms with Gasteiger partial charge in [0.2, 0.25) is 5.09 Å². The van der Waals surface area contributed by atoms with E-state index in [1.54, 1.807) is 6.07 Å². The van der Waals surface area contributed by atoms with Gasteiger partial charge in [-0.3, -0.25) is 0 Å². The molecular formula is C11H18N2O4S. The molecule has 0 saturated carbocycles. The SMILES string of the molecule is NCc1ccc(S(=O)(=O)NCC2CCCCO2)o1. The summed E-state index contributed by atoms with van der Waals surface area (Å²) >= 11 is 0. The first kappa shape index (κ1) is 13.5. The summed E-state index contributed by atoms with van der Waals surface area (Å²) in [6.07, 6.45) is 2.96. The predicted octanol–water partition coefficient (Wildman–Crippen LogP) is 0.586. The van der Waals surface area contributed by atoms with Crippen molar-refractivity contribution in [1.82, 2.24) is 4.72 Å². The summed E-state index contributed by atoms with van der Waals surface area (Å²) in [6, 6.07) is 2.97. The van der Waals surface area contributed by atoms with Crippen LogP contribution in [0.2, 0.25) is 0 Å². The van der Waals surface area contributed by atoms with Gasteiger partial charge in [0.25, 0.3) is 10.0 Å². The molecule has 1 aliphatic heterocycles. The van der Waals surface area contributed by atoms with Crippen molar-refractivity contribution in [2.24, 2.45) is 5.73 Å². The molecule has 1 saturated heterocycles. The quantitative estimate of drug-likeness (QED) is 0.819. The third-order valence-electron chi connectivity index (χ3n) is 2.88. The lowest BCUT2D eigenvalue weighted by Gasteiger charge is -2.22. The van der Waals surface area contributed by atoms with E-state index in [0.717, 1.165) is 19.3 Å². The first-order chi connectivity index (χ1) is 8.62. The van der Waals surface area contributed by atoms with Gasteiger partial charge in [0.15, 0.2) is 0 Å². The van der Waals surface area contributed by atoms with E-state index in [1.165, 1.54) is 6.07 Å². The van der Waals surface area contributed by atoms with Crippen LogP contribution in [0.1, 0.15) is 25.0 Å². The molecule has 3 N–H and O–H groups in total. The lowest BCUT2D eigenvalue weighted by Crippen LogP contribution is -2.35. The van der Waals surface area contributed by atoms with Gasteiger partial charge in [-0.2, -0.15) is 0 Å². The Balaban J connectivity index is 1.94. The third-order valence-corrected chi connectivity index (χ3v) is 4.17. The van der Waals surface area contributed by atoms with Crippen LogP contribution < -0.4 is 10.5 Å². The number of nitrogens with one attached hydrogen (secondary N) is 1. The van der Waals surface area contributed by atoms with Crippen LogP contribution in [0.3, 0.4) is 0 Å². The molecule has 1 aromatic rings. The number of sulfonamides is 1. The zero-order chi connectivity index (χ0) is 13.0. The molecule has 7 heteroatoms. The number of furan rings is 1. The second-order valence-electron chi connectivity index (χ2n) is 4.27. The minimum absolute atomic E-state index is 0.0440. The maximum absolute atomic E-state index is 11.9. The molecule has 2 heterocycles. The molecule has 0 radical (unpaired) electrons. The fraction of sp³-hybridized carbons (Fsp3) is 0.636. The molecule has 1 unspecified atom stereocenters. The standard InChI is InChI=1S/C11H18N2O4S/c12-7-9-4-5-11(17-9)18(14,15)13-8-10-3-1-2-6-16-10/h4-5,10,13H,1-3,6-8,12H2. The van der Waals surface area contributed by atoms with Gasteiger partial charge in [0.05, 0.1) is 12.6 Å². The molecular weight excluding hydrogens is 256 g/mol. The minimum Gasteiger partial charge on any atom is -0.447 e. The molecule has 1 aliphatic rings. The normalized spacial score (nSPS) is 21.1. The molecule has 1 fully saturated rings. The summed E-state index contributed by atoms with van der Waals surface area (Å²) in [7, 11) is -3.60. The van der Waals surface area contributed by atoms with E-state index in [4.69, 9.17) is 14.9 Å². The highest BCUT2D eigenvalue weighted by Crippen LogP contribution is 2.15. The Hall–Kier alpha value is -0.890. The van der Waals surface area contributed by atoms with Crippen LogP contribution >= 0.6 is 0 Å². The Bertz CT molecular complexity index is 477. The van der Waals surface area contributed by atoms with Gasteiger partial charge < -0.3 is 14.9 Å². The van der Waals surface area contributed by atoms with Crippen molar-refractivity contribution < 1.29 is 17.6 Å². The molecule has 0 aromatic carbocycles. The van der Waals surface area contributed by atoms with Gasteiger partial charge in [-0.25, -0.2) is 13.1 Å². The Morgan fingerprint density at radius 1 is 1.39 bits per heavy atom. The summed E-state index contributed by atoms with van der Waals surface area (Å²) in [5, 5.41) is -0.0984. The number of ether oxygens (including phenoxy) is 1. The molecule has 2 rings (SSSR count). The number of rotatable bonds is 5. The van der Waals surface area contributed by atoms with Crippen molar-refractivity contribution in [2.75, 3.05) is 13.2 Å². The third kappa shape index (κ3) is 3.32. The van der Waals surface area contributed by atoms with Crippen molar-refractivity contribution in [3.05, 3.63) is 17.9 Å². The second-order valence-corrected chi connectivity index (χ2v) is 5.96. The van der Waals surface area contributed by atoms with Crippen LogP contribution in [0.25, 0.3) is 0 Å². The van der Waals surface area contributed by atoms with Gasteiger partial charge in [0, 0.05) is 13.2 Å². The molecule has 0 amide bonds. The van der Waals surface area contributed by atoms with Gasteiger partial charge in [0.1, 0.15) is 5.76 Å². The molecule has 1 atom stereocenters. The number of hydrogen-bond acceptors (Lipinski definition) is 5. The fourth-order valence-electron chi connectivity index (χ4n) is 1.85. The Kier molecular flexibility index (Phi) is 4.39. The van der Waals surface area contributed by atoms with Crippen LogP contribution in [-0.4, -0.2) is 27.7 Å². The van der Waals surface area contributed by atoms with Crippen LogP contribution in [-0.2, 0) is 21.3 Å². The maximum atomic E-state index is 11.9. The lowest BCUT2D eigenvalue weighted by atomic mass is 10.1. The van der Waals surface area contributed by atoms with Crippen LogP contribution in [0.5, 0.6) is 0 Å². The van der Waals surface area contributed by atoms with Gasteiger partial charge in [-0.05, 0) is 31.4 Å². The highest BCUT2D eigenvalue weighted by molar-refractivity contribution is 7.89. The molecule has 0 aliphatic carbocycles. The van der Waals surface area contributed by atoms with E-state index in [0.29, 0.717) is 12.4 Å². The van der Waals surface area contributed by atoms with Crippen molar-refractivity contribution >= 4 is 10.0 Å². The average molecular weight is 274 g/mol. The Morgan fingerprint density at radius 2 is 2.22 bits per heavy atom. The highest BCUT2D eigenvalue weighted by atomic mass is 32.2. The number of hydrogen-bond donors (Lipinski definition) is 2. The molecule has 0 bridgehead atoms. The maximum Gasteiger partial charge on any atom is 0.274 e. The van der Waals surface area contributed by atoms with Crippen molar-refractivity contribution in [3.63, 3.8) is 0 Å². The van der Waals surface area contributed by atoms with Crippen LogP contribution in [0.4, 0.5) is 0 Å². The van der Waals surface area contributed by atoms with E-state index in [9.17, 15) is 8.42 Å². The van der Waals surface area contributed by atoms with E-state index < -0.39 is 10.0 Å². The fourth-order valence-corrected chi connectivity index (χ4v) is 2.87. The predicted molar refractivity (Wildman–Crippen MR) is 65.4 cm³/mol. The van der Waals surface area contributed by atoms with E-state index in [2.05, 4.69) is 4.72 Å². The summed E-state index contributed by atoms with van der Waals surface area (Å²) in [5.41, 5.74) is 5.37. The van der Waals surface area contributed by atoms with Crippen LogP contribution in [0, 0.1) is 0 Å². The molecule has 18 heavy (non-hydrogen) atoms. The zero-order valence-electron chi connectivity index (χ0n) is 10.1. The second kappa shape index (κ2) is 5.83. The summed E-state index contributed by atoms with van der Waals surface area (Å²) < 4.78 is 36.9. The topological polar surface area (TPSA) is 94.6 Å². The lowest BCUT2D eigenvalue weighted by molar-refractivity contribution is 0.0200. The molecule has 102 valence electrons. The van der Waals surface area contributed by atoms with Gasteiger partial charge >= 0.3 is 0 Å². The van der Waals surface area contributed by atoms with E-state index in [1.807, 2.05) is 0 Å². The average Bonchev–Trinajstić information content (AvgIpc) is 2.87. The summed E-state index contributed by atoms with van der Waals surface area (Å²) in [4.78, 5) is 0. The van der Waals surface area contributed by atoms with Crippen molar-refractivity contribution in [3.8, 4) is 0 Å². The van der Waals surface area contributed by atoms with Crippen molar-refractivity contribution in [2.45, 2.75) is 37.0 Å². The Morgan fingerprint density at radius 3 is 2.83 bits per heavy atom. The highest BCUT2D eigenvalue weighted by Gasteiger charge is 2.21. The molecule has 1 aromatic heterocycles. The van der Waals surface area contributed by atoms with E-state index >= 15 is 0 Å². The smallest absolute Gasteiger partial charge is 0.274 e. The van der Waals surface area contributed by atoms with Gasteiger partial charge in [-0.1, -0.05) is 0 Å². The first-order valence-electron chi connectivity index (χ1n) is 6.02. The summed E-state index contributed by atoms with van der Waals surface area (Å²) in [5.74, 6) is 0.448. The van der Waals surface area contributed by atoms with Gasteiger partial charge in [-0.15, -0.1) is 0 Å². The van der Waals surface area contributed by atoms with E-state index in [-0.39, 0.29) is 24.3 Å². The molecule has 6 nitrogen and oxygen atoms in total.